The number of hydrogen-bond donors (Lipinski definition) is 1. The van der Waals surface area contributed by atoms with E-state index in [1.165, 1.54) is 0 Å². The third-order valence-electron chi connectivity index (χ3n) is 2.75. The van der Waals surface area contributed by atoms with Crippen molar-refractivity contribution in [2.75, 3.05) is 6.54 Å². The summed E-state index contributed by atoms with van der Waals surface area (Å²) in [6.07, 6.45) is 0.696. The molecule has 2 aromatic rings. The SMILES string of the molecule is Cc1cc(Br)c(S(=O)(=O)NCCc2cccs2)cc1Br. The lowest BCUT2D eigenvalue weighted by Gasteiger charge is -2.10. The summed E-state index contributed by atoms with van der Waals surface area (Å²) in [4.78, 5) is 1.41. The second kappa shape index (κ2) is 6.70. The molecule has 2 rings (SSSR count). The Bertz CT molecular complexity index is 697. The molecule has 7 heteroatoms. The summed E-state index contributed by atoms with van der Waals surface area (Å²) < 4.78 is 28.6. The van der Waals surface area contributed by atoms with Gasteiger partial charge in [0, 0.05) is 20.4 Å². The molecule has 0 aliphatic rings. The average Bonchev–Trinajstić information content (AvgIpc) is 2.86. The fourth-order valence-electron chi connectivity index (χ4n) is 1.68. The van der Waals surface area contributed by atoms with Crippen LogP contribution in [0.4, 0.5) is 0 Å². The molecule has 1 aromatic heterocycles. The molecular formula is C13H13Br2NO2S2. The van der Waals surface area contributed by atoms with Crippen LogP contribution in [0.1, 0.15) is 10.4 Å². The van der Waals surface area contributed by atoms with Crippen LogP contribution < -0.4 is 4.72 Å². The minimum atomic E-state index is -3.51. The van der Waals surface area contributed by atoms with Gasteiger partial charge in [-0.3, -0.25) is 0 Å². The number of nitrogens with one attached hydrogen (secondary N) is 1. The lowest BCUT2D eigenvalue weighted by atomic mass is 10.2. The molecule has 0 saturated carbocycles. The van der Waals surface area contributed by atoms with Crippen LogP contribution in [0, 0.1) is 6.92 Å². The highest BCUT2D eigenvalue weighted by atomic mass is 79.9. The topological polar surface area (TPSA) is 46.2 Å². The van der Waals surface area contributed by atoms with Crippen molar-refractivity contribution in [2.24, 2.45) is 0 Å². The normalized spacial score (nSPS) is 11.8. The zero-order valence-electron chi connectivity index (χ0n) is 10.7. The monoisotopic (exact) mass is 437 g/mol. The van der Waals surface area contributed by atoms with E-state index in [2.05, 4.69) is 36.6 Å². The maximum absolute atomic E-state index is 12.3. The lowest BCUT2D eigenvalue weighted by molar-refractivity contribution is 0.581. The van der Waals surface area contributed by atoms with Crippen molar-refractivity contribution in [1.82, 2.24) is 4.72 Å². The van der Waals surface area contributed by atoms with Gasteiger partial charge >= 0.3 is 0 Å². The Kier molecular flexibility index (Phi) is 5.42. The number of hydrogen-bond acceptors (Lipinski definition) is 3. The fourth-order valence-corrected chi connectivity index (χ4v) is 5.09. The number of rotatable bonds is 5. The van der Waals surface area contributed by atoms with Gasteiger partial charge in [-0.05, 0) is 58.4 Å². The predicted molar refractivity (Wildman–Crippen MR) is 89.8 cm³/mol. The molecule has 0 aliphatic carbocycles. The summed E-state index contributed by atoms with van der Waals surface area (Å²) in [6.45, 7) is 2.30. The fraction of sp³-hybridized carbons (Fsp3) is 0.231. The van der Waals surface area contributed by atoms with Crippen LogP contribution >= 0.6 is 43.2 Å². The Hall–Kier alpha value is -0.210. The Balaban J connectivity index is 2.12. The number of thiophene rings is 1. The highest BCUT2D eigenvalue weighted by Gasteiger charge is 2.18. The van der Waals surface area contributed by atoms with Crippen molar-refractivity contribution in [1.29, 1.82) is 0 Å². The molecule has 0 unspecified atom stereocenters. The first kappa shape index (κ1) is 16.2. The number of aryl methyl sites for hydroxylation is 1. The van der Waals surface area contributed by atoms with Crippen molar-refractivity contribution in [3.63, 3.8) is 0 Å². The van der Waals surface area contributed by atoms with Gasteiger partial charge < -0.3 is 0 Å². The first-order chi connectivity index (χ1) is 9.40. The van der Waals surface area contributed by atoms with E-state index in [0.29, 0.717) is 17.4 Å². The van der Waals surface area contributed by atoms with Crippen molar-refractivity contribution >= 4 is 53.2 Å². The average molecular weight is 439 g/mol. The third-order valence-corrected chi connectivity index (χ3v) is 6.96. The molecule has 1 heterocycles. The highest BCUT2D eigenvalue weighted by molar-refractivity contribution is 9.11. The van der Waals surface area contributed by atoms with Gasteiger partial charge in [0.15, 0.2) is 0 Å². The maximum Gasteiger partial charge on any atom is 0.241 e. The molecule has 108 valence electrons. The molecule has 1 N–H and O–H groups in total. The molecule has 0 bridgehead atoms. The van der Waals surface area contributed by atoms with Gasteiger partial charge in [-0.2, -0.15) is 0 Å². The Morgan fingerprint density at radius 1 is 1.25 bits per heavy atom. The predicted octanol–water partition coefficient (Wildman–Crippen LogP) is 4.10. The zero-order valence-corrected chi connectivity index (χ0v) is 15.5. The summed E-state index contributed by atoms with van der Waals surface area (Å²) in [5, 5.41) is 1.98. The van der Waals surface area contributed by atoms with Gasteiger partial charge in [0.05, 0.1) is 4.90 Å². The van der Waals surface area contributed by atoms with E-state index >= 15 is 0 Å². The van der Waals surface area contributed by atoms with E-state index in [4.69, 9.17) is 0 Å². The van der Waals surface area contributed by atoms with Gasteiger partial charge in [0.2, 0.25) is 10.0 Å². The quantitative estimate of drug-likeness (QED) is 0.763. The molecule has 0 aliphatic heterocycles. The van der Waals surface area contributed by atoms with Crippen LogP contribution in [0.5, 0.6) is 0 Å². The first-order valence-electron chi connectivity index (χ1n) is 5.88. The van der Waals surface area contributed by atoms with E-state index < -0.39 is 10.0 Å². The number of benzene rings is 1. The minimum absolute atomic E-state index is 0.251. The maximum atomic E-state index is 12.3. The molecule has 3 nitrogen and oxygen atoms in total. The van der Waals surface area contributed by atoms with Crippen LogP contribution in [-0.2, 0) is 16.4 Å². The molecule has 0 fully saturated rings. The van der Waals surface area contributed by atoms with E-state index in [1.807, 2.05) is 24.4 Å². The summed E-state index contributed by atoms with van der Waals surface area (Å²) in [5.41, 5.74) is 0.981. The van der Waals surface area contributed by atoms with Crippen LogP contribution in [0.3, 0.4) is 0 Å². The number of sulfonamides is 1. The second-order valence-corrected chi connectivity index (χ2v) is 8.74. The van der Waals surface area contributed by atoms with Crippen molar-refractivity contribution in [3.05, 3.63) is 49.0 Å². The van der Waals surface area contributed by atoms with Gasteiger partial charge in [-0.1, -0.05) is 22.0 Å². The highest BCUT2D eigenvalue weighted by Crippen LogP contribution is 2.28. The standard InChI is InChI=1S/C13H13Br2NO2S2/c1-9-7-12(15)13(8-11(9)14)20(17,18)16-5-4-10-3-2-6-19-10/h2-3,6-8,16H,4-5H2,1H3. The third kappa shape index (κ3) is 3.92. The van der Waals surface area contributed by atoms with E-state index in [9.17, 15) is 8.42 Å². The van der Waals surface area contributed by atoms with Gasteiger partial charge in [0.25, 0.3) is 0 Å². The Morgan fingerprint density at radius 3 is 2.65 bits per heavy atom. The number of halogens is 2. The van der Waals surface area contributed by atoms with E-state index in [0.717, 1.165) is 14.9 Å². The molecule has 0 spiro atoms. The van der Waals surface area contributed by atoms with Crippen LogP contribution in [0.2, 0.25) is 0 Å². The van der Waals surface area contributed by atoms with Gasteiger partial charge in [-0.15, -0.1) is 11.3 Å². The molecule has 0 amide bonds. The van der Waals surface area contributed by atoms with Gasteiger partial charge in [-0.25, -0.2) is 13.1 Å². The van der Waals surface area contributed by atoms with Crippen LogP contribution in [0.15, 0.2) is 43.5 Å². The lowest BCUT2D eigenvalue weighted by Crippen LogP contribution is -2.26. The first-order valence-corrected chi connectivity index (χ1v) is 9.83. The second-order valence-electron chi connectivity index (χ2n) is 4.26. The van der Waals surface area contributed by atoms with Crippen molar-refractivity contribution in [2.45, 2.75) is 18.2 Å². The zero-order chi connectivity index (χ0) is 14.8. The van der Waals surface area contributed by atoms with E-state index in [-0.39, 0.29) is 4.90 Å². The van der Waals surface area contributed by atoms with Gasteiger partial charge in [0.1, 0.15) is 0 Å². The molecule has 20 heavy (non-hydrogen) atoms. The molecule has 0 radical (unpaired) electrons. The van der Waals surface area contributed by atoms with E-state index in [1.54, 1.807) is 23.5 Å². The summed E-state index contributed by atoms with van der Waals surface area (Å²) in [7, 11) is -3.51. The largest absolute Gasteiger partial charge is 0.241 e. The minimum Gasteiger partial charge on any atom is -0.211 e. The molecule has 0 atom stereocenters. The van der Waals surface area contributed by atoms with Crippen LogP contribution in [-0.4, -0.2) is 15.0 Å². The van der Waals surface area contributed by atoms with Crippen LogP contribution in [0.25, 0.3) is 0 Å². The Morgan fingerprint density at radius 2 is 2.00 bits per heavy atom. The summed E-state index contributed by atoms with van der Waals surface area (Å²) in [6, 6.07) is 7.37. The summed E-state index contributed by atoms with van der Waals surface area (Å²) >= 11 is 8.30. The molecular weight excluding hydrogens is 426 g/mol. The Labute approximate surface area is 139 Å². The smallest absolute Gasteiger partial charge is 0.211 e. The van der Waals surface area contributed by atoms with Crippen molar-refractivity contribution < 1.29 is 8.42 Å². The van der Waals surface area contributed by atoms with Crippen molar-refractivity contribution in [3.8, 4) is 0 Å². The molecule has 0 saturated heterocycles. The molecule has 1 aromatic carbocycles. The summed E-state index contributed by atoms with van der Waals surface area (Å²) in [5.74, 6) is 0.